The lowest BCUT2D eigenvalue weighted by Gasteiger charge is -2.38. The molecule has 4 rings (SSSR count). The van der Waals surface area contributed by atoms with Crippen molar-refractivity contribution in [2.75, 3.05) is 29.9 Å². The fraction of sp³-hybridized carbons (Fsp3) is 0.368. The molecule has 0 N–H and O–H groups in total. The van der Waals surface area contributed by atoms with Crippen LogP contribution < -0.4 is 15.4 Å². The van der Waals surface area contributed by atoms with Gasteiger partial charge in [-0.1, -0.05) is 6.07 Å². The predicted molar refractivity (Wildman–Crippen MR) is 102 cm³/mol. The van der Waals surface area contributed by atoms with Crippen LogP contribution in [0.1, 0.15) is 18.5 Å². The third kappa shape index (κ3) is 3.87. The maximum atomic E-state index is 13.0. The lowest BCUT2D eigenvalue weighted by atomic mass is 10.0. The highest BCUT2D eigenvalue weighted by atomic mass is 19.4. The molecular weight excluding hydrogens is 385 g/mol. The van der Waals surface area contributed by atoms with Crippen molar-refractivity contribution in [3.05, 3.63) is 58.8 Å². The van der Waals surface area contributed by atoms with Crippen LogP contribution in [0.15, 0.2) is 47.5 Å². The Morgan fingerprint density at radius 3 is 2.83 bits per heavy atom. The molecule has 1 unspecified atom stereocenters. The summed E-state index contributed by atoms with van der Waals surface area (Å²) < 4.78 is 40.4. The van der Waals surface area contributed by atoms with Gasteiger partial charge in [0.05, 0.1) is 0 Å². The number of nitrogens with zero attached hydrogens (tertiary/aromatic N) is 6. The molecule has 3 aromatic heterocycles. The first-order chi connectivity index (χ1) is 13.8. The van der Waals surface area contributed by atoms with Crippen LogP contribution in [0.3, 0.4) is 0 Å². The molecule has 0 spiro atoms. The SMILES string of the molecule is CN(c1nccc(C(F)(F)F)n1)C1CCCN(c2cc(=O)n3ccccc3n2)C1. The van der Waals surface area contributed by atoms with E-state index in [1.54, 1.807) is 30.3 Å². The molecule has 29 heavy (non-hydrogen) atoms. The number of rotatable bonds is 3. The van der Waals surface area contributed by atoms with Crippen LogP contribution >= 0.6 is 0 Å². The number of hydrogen-bond acceptors (Lipinski definition) is 6. The van der Waals surface area contributed by atoms with Crippen LogP contribution in [-0.4, -0.2) is 45.5 Å². The van der Waals surface area contributed by atoms with Gasteiger partial charge in [0.2, 0.25) is 5.95 Å². The summed E-state index contributed by atoms with van der Waals surface area (Å²) in [6.07, 6.45) is -0.155. The average molecular weight is 404 g/mol. The van der Waals surface area contributed by atoms with Crippen LogP contribution in [0.25, 0.3) is 5.65 Å². The zero-order valence-corrected chi connectivity index (χ0v) is 15.7. The summed E-state index contributed by atoms with van der Waals surface area (Å²) in [5, 5.41) is 0. The van der Waals surface area contributed by atoms with Crippen molar-refractivity contribution in [2.24, 2.45) is 0 Å². The Hall–Kier alpha value is -3.17. The Bertz CT molecular complexity index is 1080. The maximum Gasteiger partial charge on any atom is 0.433 e. The summed E-state index contributed by atoms with van der Waals surface area (Å²) >= 11 is 0. The molecule has 152 valence electrons. The molecule has 1 saturated heterocycles. The van der Waals surface area contributed by atoms with Gasteiger partial charge in [-0.25, -0.2) is 15.0 Å². The topological polar surface area (TPSA) is 66.6 Å². The van der Waals surface area contributed by atoms with E-state index in [0.717, 1.165) is 25.1 Å². The van der Waals surface area contributed by atoms with Gasteiger partial charge in [0.1, 0.15) is 17.2 Å². The minimum Gasteiger partial charge on any atom is -0.354 e. The lowest BCUT2D eigenvalue weighted by Crippen LogP contribution is -2.47. The van der Waals surface area contributed by atoms with Crippen LogP contribution in [0.4, 0.5) is 24.9 Å². The molecule has 1 fully saturated rings. The lowest BCUT2D eigenvalue weighted by molar-refractivity contribution is -0.141. The van der Waals surface area contributed by atoms with Crippen LogP contribution in [0.5, 0.6) is 0 Å². The molecule has 0 saturated carbocycles. The van der Waals surface area contributed by atoms with Gasteiger partial charge in [-0.3, -0.25) is 9.20 Å². The first-order valence-electron chi connectivity index (χ1n) is 9.19. The second kappa shape index (κ2) is 7.34. The number of halogens is 3. The molecule has 10 heteroatoms. The van der Waals surface area contributed by atoms with Crippen molar-refractivity contribution in [1.82, 2.24) is 19.4 Å². The van der Waals surface area contributed by atoms with Gasteiger partial charge in [0.15, 0.2) is 0 Å². The van der Waals surface area contributed by atoms with E-state index < -0.39 is 11.9 Å². The molecule has 7 nitrogen and oxygen atoms in total. The van der Waals surface area contributed by atoms with Crippen molar-refractivity contribution in [3.8, 4) is 0 Å². The minimum atomic E-state index is -4.52. The number of pyridine rings is 1. The number of likely N-dealkylation sites (N-methyl/N-ethyl adjacent to an activating group) is 1. The number of fused-ring (bicyclic) bond motifs is 1. The summed E-state index contributed by atoms with van der Waals surface area (Å²) in [5.74, 6) is 0.586. The van der Waals surface area contributed by atoms with E-state index in [1.807, 2.05) is 11.0 Å². The third-order valence-corrected chi connectivity index (χ3v) is 5.07. The highest BCUT2D eigenvalue weighted by molar-refractivity contribution is 5.49. The molecule has 0 amide bonds. The number of aromatic nitrogens is 4. The van der Waals surface area contributed by atoms with Crippen molar-refractivity contribution in [2.45, 2.75) is 25.1 Å². The predicted octanol–water partition coefficient (Wildman–Crippen LogP) is 2.61. The smallest absolute Gasteiger partial charge is 0.354 e. The molecule has 1 aliphatic rings. The number of alkyl halides is 3. The Morgan fingerprint density at radius 1 is 1.21 bits per heavy atom. The van der Waals surface area contributed by atoms with E-state index in [9.17, 15) is 18.0 Å². The third-order valence-electron chi connectivity index (χ3n) is 5.07. The van der Waals surface area contributed by atoms with Gasteiger partial charge in [-0.05, 0) is 31.0 Å². The molecule has 1 atom stereocenters. The normalized spacial score (nSPS) is 17.5. The van der Waals surface area contributed by atoms with E-state index >= 15 is 0 Å². The summed E-state index contributed by atoms with van der Waals surface area (Å²) in [4.78, 5) is 28.3. The fourth-order valence-corrected chi connectivity index (χ4v) is 3.52. The molecule has 3 aromatic rings. The van der Waals surface area contributed by atoms with Gasteiger partial charge in [0, 0.05) is 44.6 Å². The van der Waals surface area contributed by atoms with Crippen LogP contribution in [-0.2, 0) is 6.18 Å². The van der Waals surface area contributed by atoms with Gasteiger partial charge >= 0.3 is 6.18 Å². The molecule has 0 aliphatic carbocycles. The Labute approximate surface area is 164 Å². The highest BCUT2D eigenvalue weighted by Crippen LogP contribution is 2.29. The number of piperidine rings is 1. The zero-order chi connectivity index (χ0) is 20.6. The fourth-order valence-electron chi connectivity index (χ4n) is 3.52. The monoisotopic (exact) mass is 404 g/mol. The number of anilines is 2. The molecule has 0 aromatic carbocycles. The maximum absolute atomic E-state index is 13.0. The largest absolute Gasteiger partial charge is 0.433 e. The van der Waals surface area contributed by atoms with Gasteiger partial charge in [-0.15, -0.1) is 0 Å². The van der Waals surface area contributed by atoms with Gasteiger partial charge < -0.3 is 9.80 Å². The highest BCUT2D eigenvalue weighted by Gasteiger charge is 2.34. The Balaban J connectivity index is 1.58. The van der Waals surface area contributed by atoms with Crippen LogP contribution in [0, 0.1) is 0 Å². The minimum absolute atomic E-state index is 0.0261. The Morgan fingerprint density at radius 2 is 2.03 bits per heavy atom. The van der Waals surface area contributed by atoms with Crippen molar-refractivity contribution in [1.29, 1.82) is 0 Å². The quantitative estimate of drug-likeness (QED) is 0.669. The average Bonchev–Trinajstić information content (AvgIpc) is 2.73. The summed E-state index contributed by atoms with van der Waals surface area (Å²) in [7, 11) is 1.69. The molecule has 0 radical (unpaired) electrons. The first-order valence-corrected chi connectivity index (χ1v) is 9.19. The molecule has 1 aliphatic heterocycles. The molecule has 0 bridgehead atoms. The van der Waals surface area contributed by atoms with E-state index in [1.165, 1.54) is 10.5 Å². The number of hydrogen-bond donors (Lipinski definition) is 0. The second-order valence-corrected chi connectivity index (χ2v) is 6.97. The van der Waals surface area contributed by atoms with Crippen LogP contribution in [0.2, 0.25) is 0 Å². The first kappa shape index (κ1) is 19.2. The van der Waals surface area contributed by atoms with Crippen molar-refractivity contribution in [3.63, 3.8) is 0 Å². The van der Waals surface area contributed by atoms with Crippen molar-refractivity contribution < 1.29 is 13.2 Å². The standard InChI is InChI=1S/C19H19F3N6O/c1-26(18-23-8-7-14(24-18)19(20,21)22)13-5-4-9-27(12-13)16-11-17(29)28-10-3-2-6-15(28)25-16/h2-3,6-8,10-11,13H,4-5,9,12H2,1H3. The van der Waals surface area contributed by atoms with E-state index in [-0.39, 0.29) is 17.5 Å². The Kier molecular flexibility index (Phi) is 4.85. The zero-order valence-electron chi connectivity index (χ0n) is 15.7. The summed E-state index contributed by atoms with van der Waals surface area (Å²) in [6, 6.07) is 7.56. The van der Waals surface area contributed by atoms with Crippen molar-refractivity contribution >= 4 is 17.4 Å². The van der Waals surface area contributed by atoms with Gasteiger partial charge in [0.25, 0.3) is 5.56 Å². The van der Waals surface area contributed by atoms with Gasteiger partial charge in [-0.2, -0.15) is 13.2 Å². The van der Waals surface area contributed by atoms with E-state index in [2.05, 4.69) is 15.0 Å². The molecule has 4 heterocycles. The second-order valence-electron chi connectivity index (χ2n) is 6.97. The summed E-state index contributed by atoms with van der Waals surface area (Å²) in [6.45, 7) is 1.22. The molecular formula is C19H19F3N6O. The summed E-state index contributed by atoms with van der Waals surface area (Å²) in [5.41, 5.74) is -0.597. The van der Waals surface area contributed by atoms with E-state index in [0.29, 0.717) is 24.6 Å². The van der Waals surface area contributed by atoms with E-state index in [4.69, 9.17) is 0 Å².